The number of aryl methyl sites for hydroxylation is 1. The molecule has 1 unspecified atom stereocenters. The van der Waals surface area contributed by atoms with Crippen molar-refractivity contribution in [2.75, 3.05) is 0 Å². The van der Waals surface area contributed by atoms with Gasteiger partial charge in [0.1, 0.15) is 5.75 Å². The molecule has 4 heteroatoms. The van der Waals surface area contributed by atoms with E-state index in [2.05, 4.69) is 0 Å². The number of carbonyl (C=O) groups is 1. The standard InChI is InChI=1S/C10H11ClO3/c1-7-3-2-4-8(5-7)14-9(11)6-10(12)13/h2-5,9H,6H2,1H3,(H,12,13). The second-order valence-electron chi connectivity index (χ2n) is 2.94. The highest BCUT2D eigenvalue weighted by molar-refractivity contribution is 6.20. The van der Waals surface area contributed by atoms with Crippen molar-refractivity contribution in [3.05, 3.63) is 29.8 Å². The zero-order valence-corrected chi connectivity index (χ0v) is 8.49. The molecule has 76 valence electrons. The Balaban J connectivity index is 2.55. The number of benzene rings is 1. The van der Waals surface area contributed by atoms with Crippen LogP contribution >= 0.6 is 11.6 Å². The van der Waals surface area contributed by atoms with Crippen LogP contribution in [0.25, 0.3) is 0 Å². The topological polar surface area (TPSA) is 46.5 Å². The van der Waals surface area contributed by atoms with Crippen LogP contribution in [0.3, 0.4) is 0 Å². The summed E-state index contributed by atoms with van der Waals surface area (Å²) in [5.41, 5.74) is 0.219. The highest BCUT2D eigenvalue weighted by Crippen LogP contribution is 2.16. The fourth-order valence-electron chi connectivity index (χ4n) is 1.02. The van der Waals surface area contributed by atoms with Crippen LogP contribution in [-0.2, 0) is 4.79 Å². The van der Waals surface area contributed by atoms with Crippen LogP contribution in [0.15, 0.2) is 24.3 Å². The summed E-state index contributed by atoms with van der Waals surface area (Å²) in [4.78, 5) is 10.3. The number of aliphatic carboxylic acids is 1. The van der Waals surface area contributed by atoms with Gasteiger partial charge in [-0.25, -0.2) is 0 Å². The Kier molecular flexibility index (Phi) is 3.77. The molecular formula is C10H11ClO3. The van der Waals surface area contributed by atoms with Crippen molar-refractivity contribution in [1.29, 1.82) is 0 Å². The molecule has 1 rings (SSSR count). The lowest BCUT2D eigenvalue weighted by Gasteiger charge is -2.10. The van der Waals surface area contributed by atoms with Crippen LogP contribution in [0, 0.1) is 6.92 Å². The summed E-state index contributed by atoms with van der Waals surface area (Å²) in [5, 5.41) is 8.45. The molecule has 0 amide bonds. The summed E-state index contributed by atoms with van der Waals surface area (Å²) in [7, 11) is 0. The Labute approximate surface area is 87.3 Å². The second-order valence-corrected chi connectivity index (χ2v) is 3.43. The number of halogens is 1. The molecule has 1 aromatic carbocycles. The first-order valence-electron chi connectivity index (χ1n) is 4.17. The SMILES string of the molecule is Cc1cccc(OC(Cl)CC(=O)O)c1. The largest absolute Gasteiger partial charge is 0.481 e. The Hall–Kier alpha value is -1.22. The first kappa shape index (κ1) is 10.9. The zero-order valence-electron chi connectivity index (χ0n) is 7.74. The van der Waals surface area contributed by atoms with E-state index in [1.165, 1.54) is 0 Å². The first-order chi connectivity index (χ1) is 6.58. The molecule has 0 saturated heterocycles. The van der Waals surface area contributed by atoms with Crippen LogP contribution in [0.2, 0.25) is 0 Å². The average Bonchev–Trinajstić information content (AvgIpc) is 2.01. The van der Waals surface area contributed by atoms with Gasteiger partial charge in [0.05, 0.1) is 6.42 Å². The van der Waals surface area contributed by atoms with Gasteiger partial charge in [-0.2, -0.15) is 0 Å². The third kappa shape index (κ3) is 3.66. The molecule has 3 nitrogen and oxygen atoms in total. The van der Waals surface area contributed by atoms with Crippen molar-refractivity contribution in [2.24, 2.45) is 0 Å². The van der Waals surface area contributed by atoms with Crippen molar-refractivity contribution in [1.82, 2.24) is 0 Å². The molecule has 0 aliphatic heterocycles. The summed E-state index contributed by atoms with van der Waals surface area (Å²) in [5.74, 6) is -0.385. The van der Waals surface area contributed by atoms with Crippen molar-refractivity contribution < 1.29 is 14.6 Å². The zero-order chi connectivity index (χ0) is 10.6. The third-order valence-corrected chi connectivity index (χ3v) is 1.83. The van der Waals surface area contributed by atoms with E-state index in [1.54, 1.807) is 12.1 Å². The summed E-state index contributed by atoms with van der Waals surface area (Å²) < 4.78 is 5.19. The monoisotopic (exact) mass is 214 g/mol. The number of carboxylic acid groups (broad SMARTS) is 1. The van der Waals surface area contributed by atoms with Gasteiger partial charge < -0.3 is 9.84 Å². The van der Waals surface area contributed by atoms with Crippen LogP contribution < -0.4 is 4.74 Å². The van der Waals surface area contributed by atoms with Gasteiger partial charge >= 0.3 is 5.97 Å². The lowest BCUT2D eigenvalue weighted by molar-refractivity contribution is -0.137. The summed E-state index contributed by atoms with van der Waals surface area (Å²) in [6, 6.07) is 7.30. The van der Waals surface area contributed by atoms with E-state index in [1.807, 2.05) is 19.1 Å². The summed E-state index contributed by atoms with van der Waals surface area (Å²) >= 11 is 5.66. The highest BCUT2D eigenvalue weighted by atomic mass is 35.5. The molecule has 0 bridgehead atoms. The highest BCUT2D eigenvalue weighted by Gasteiger charge is 2.10. The molecule has 0 aliphatic rings. The van der Waals surface area contributed by atoms with Gasteiger partial charge in [-0.1, -0.05) is 23.7 Å². The van der Waals surface area contributed by atoms with Gasteiger partial charge in [0.25, 0.3) is 0 Å². The van der Waals surface area contributed by atoms with E-state index in [9.17, 15) is 4.79 Å². The van der Waals surface area contributed by atoms with E-state index in [-0.39, 0.29) is 6.42 Å². The molecule has 0 aromatic heterocycles. The molecule has 0 spiro atoms. The van der Waals surface area contributed by atoms with E-state index in [4.69, 9.17) is 21.4 Å². The third-order valence-electron chi connectivity index (χ3n) is 1.59. The summed E-state index contributed by atoms with van der Waals surface area (Å²) in [6.07, 6.45) is -0.213. The van der Waals surface area contributed by atoms with Gasteiger partial charge in [0, 0.05) is 0 Å². The maximum absolute atomic E-state index is 10.3. The van der Waals surface area contributed by atoms with Crippen molar-refractivity contribution in [3.8, 4) is 5.75 Å². The number of hydrogen-bond donors (Lipinski definition) is 1. The van der Waals surface area contributed by atoms with Gasteiger partial charge in [-0.3, -0.25) is 4.79 Å². The van der Waals surface area contributed by atoms with E-state index in [0.29, 0.717) is 5.75 Å². The van der Waals surface area contributed by atoms with Gasteiger partial charge in [-0.15, -0.1) is 0 Å². The quantitative estimate of drug-likeness (QED) is 0.783. The molecule has 1 atom stereocenters. The maximum atomic E-state index is 10.3. The smallest absolute Gasteiger partial charge is 0.308 e. The fraction of sp³-hybridized carbons (Fsp3) is 0.300. The second kappa shape index (κ2) is 4.86. The molecule has 14 heavy (non-hydrogen) atoms. The number of carboxylic acids is 1. The van der Waals surface area contributed by atoms with E-state index < -0.39 is 11.5 Å². The molecule has 1 aromatic rings. The van der Waals surface area contributed by atoms with Crippen LogP contribution in [0.5, 0.6) is 5.75 Å². The Morgan fingerprint density at radius 1 is 1.64 bits per heavy atom. The van der Waals surface area contributed by atoms with Crippen molar-refractivity contribution >= 4 is 17.6 Å². The molecular weight excluding hydrogens is 204 g/mol. The van der Waals surface area contributed by atoms with Gasteiger partial charge in [-0.05, 0) is 24.6 Å². The van der Waals surface area contributed by atoms with Crippen LogP contribution in [0.1, 0.15) is 12.0 Å². The Morgan fingerprint density at radius 3 is 2.93 bits per heavy atom. The average molecular weight is 215 g/mol. The molecule has 0 radical (unpaired) electrons. The minimum atomic E-state index is -0.974. The normalized spacial score (nSPS) is 12.1. The lowest BCUT2D eigenvalue weighted by atomic mass is 10.2. The van der Waals surface area contributed by atoms with Crippen LogP contribution in [0.4, 0.5) is 0 Å². The fourth-order valence-corrected chi connectivity index (χ4v) is 1.25. The number of alkyl halides is 1. The van der Waals surface area contributed by atoms with Gasteiger partial charge in [0.15, 0.2) is 5.56 Å². The molecule has 0 fully saturated rings. The van der Waals surface area contributed by atoms with Crippen molar-refractivity contribution in [2.45, 2.75) is 18.9 Å². The maximum Gasteiger partial charge on any atom is 0.308 e. The van der Waals surface area contributed by atoms with Gasteiger partial charge in [0.2, 0.25) is 0 Å². The van der Waals surface area contributed by atoms with Crippen LogP contribution in [-0.4, -0.2) is 16.6 Å². The van der Waals surface area contributed by atoms with E-state index in [0.717, 1.165) is 5.56 Å². The predicted molar refractivity (Wildman–Crippen MR) is 53.7 cm³/mol. The number of rotatable bonds is 4. The molecule has 0 saturated carbocycles. The van der Waals surface area contributed by atoms with Crippen molar-refractivity contribution in [3.63, 3.8) is 0 Å². The molecule has 0 heterocycles. The summed E-state index contributed by atoms with van der Waals surface area (Å²) in [6.45, 7) is 1.92. The lowest BCUT2D eigenvalue weighted by Crippen LogP contribution is -2.13. The molecule has 1 N–H and O–H groups in total. The predicted octanol–water partition coefficient (Wildman–Crippen LogP) is 2.41. The minimum absolute atomic E-state index is 0.213. The Bertz CT molecular complexity index is 325. The first-order valence-corrected chi connectivity index (χ1v) is 4.61. The Morgan fingerprint density at radius 2 is 2.36 bits per heavy atom. The molecule has 0 aliphatic carbocycles. The van der Waals surface area contributed by atoms with E-state index >= 15 is 0 Å². The number of hydrogen-bond acceptors (Lipinski definition) is 2. The number of ether oxygens (including phenoxy) is 1. The minimum Gasteiger partial charge on any atom is -0.481 e.